The van der Waals surface area contributed by atoms with E-state index in [9.17, 15) is 22.8 Å². The summed E-state index contributed by atoms with van der Waals surface area (Å²) in [6, 6.07) is -0.686. The molecule has 98 valence electrons. The average Bonchev–Trinajstić information content (AvgIpc) is 2.18. The largest absolute Gasteiger partial charge is 0.481 e. The molecule has 0 saturated heterocycles. The van der Waals surface area contributed by atoms with Crippen LogP contribution in [0.25, 0.3) is 0 Å². The van der Waals surface area contributed by atoms with Crippen molar-refractivity contribution in [1.82, 2.24) is 5.32 Å². The van der Waals surface area contributed by atoms with Crippen LogP contribution in [0.3, 0.4) is 0 Å². The maximum Gasteiger partial charge on any atom is 0.471 e. The second kappa shape index (κ2) is 5.37. The molecule has 0 spiro atoms. The molecule has 17 heavy (non-hydrogen) atoms. The Kier molecular flexibility index (Phi) is 4.36. The minimum Gasteiger partial charge on any atom is -0.481 e. The molecule has 0 aromatic carbocycles. The monoisotopic (exact) mass is 253 g/mol. The molecule has 0 radical (unpaired) electrons. The Balaban J connectivity index is 2.59. The van der Waals surface area contributed by atoms with Gasteiger partial charge in [0.25, 0.3) is 0 Å². The molecule has 1 amide bonds. The number of hydrogen-bond donors (Lipinski definition) is 2. The quantitative estimate of drug-likeness (QED) is 0.804. The lowest BCUT2D eigenvalue weighted by Crippen LogP contribution is -2.47. The number of carbonyl (C=O) groups excluding carboxylic acids is 1. The van der Waals surface area contributed by atoms with Gasteiger partial charge < -0.3 is 10.4 Å². The number of carboxylic acid groups (broad SMARTS) is 1. The molecule has 0 heterocycles. The first-order chi connectivity index (χ1) is 7.80. The molecular weight excluding hydrogens is 239 g/mol. The molecule has 2 N–H and O–H groups in total. The summed E-state index contributed by atoms with van der Waals surface area (Å²) in [7, 11) is 0. The second-order valence-corrected chi connectivity index (χ2v) is 4.22. The Bertz CT molecular complexity index is 304. The highest BCUT2D eigenvalue weighted by atomic mass is 19.4. The maximum absolute atomic E-state index is 12.1. The lowest BCUT2D eigenvalue weighted by Gasteiger charge is -2.31. The third kappa shape index (κ3) is 4.24. The molecule has 1 saturated carbocycles. The van der Waals surface area contributed by atoms with Gasteiger partial charge in [-0.3, -0.25) is 9.59 Å². The first-order valence-electron chi connectivity index (χ1n) is 5.40. The number of nitrogens with one attached hydrogen (secondary N) is 1. The van der Waals surface area contributed by atoms with Gasteiger partial charge in [-0.05, 0) is 18.8 Å². The normalized spacial score (nSPS) is 25.4. The van der Waals surface area contributed by atoms with Crippen LogP contribution in [-0.4, -0.2) is 29.2 Å². The molecule has 0 bridgehead atoms. The molecule has 1 aliphatic rings. The topological polar surface area (TPSA) is 66.4 Å². The number of carboxylic acids is 1. The van der Waals surface area contributed by atoms with Gasteiger partial charge in [0, 0.05) is 6.04 Å². The first kappa shape index (κ1) is 13.8. The fourth-order valence-electron chi connectivity index (χ4n) is 2.12. The Hall–Kier alpha value is -1.27. The molecule has 2 atom stereocenters. The van der Waals surface area contributed by atoms with E-state index >= 15 is 0 Å². The number of alkyl halides is 3. The lowest BCUT2D eigenvalue weighted by atomic mass is 9.82. The highest BCUT2D eigenvalue weighted by molar-refractivity contribution is 5.82. The molecule has 1 aliphatic carbocycles. The van der Waals surface area contributed by atoms with Gasteiger partial charge in [0.1, 0.15) is 0 Å². The minimum absolute atomic E-state index is 0.206. The van der Waals surface area contributed by atoms with Crippen molar-refractivity contribution in [3.63, 3.8) is 0 Å². The fraction of sp³-hybridized carbons (Fsp3) is 0.800. The fourth-order valence-corrected chi connectivity index (χ4v) is 2.12. The van der Waals surface area contributed by atoms with E-state index in [4.69, 9.17) is 5.11 Å². The van der Waals surface area contributed by atoms with E-state index in [-0.39, 0.29) is 6.42 Å². The zero-order valence-electron chi connectivity index (χ0n) is 9.09. The van der Waals surface area contributed by atoms with Gasteiger partial charge in [0.15, 0.2) is 0 Å². The van der Waals surface area contributed by atoms with Crippen molar-refractivity contribution in [2.45, 2.75) is 44.3 Å². The lowest BCUT2D eigenvalue weighted by molar-refractivity contribution is -0.175. The summed E-state index contributed by atoms with van der Waals surface area (Å²) in [5.41, 5.74) is 0. The predicted molar refractivity (Wildman–Crippen MR) is 52.2 cm³/mol. The van der Waals surface area contributed by atoms with Gasteiger partial charge in [-0.2, -0.15) is 13.2 Å². The molecule has 4 nitrogen and oxygen atoms in total. The van der Waals surface area contributed by atoms with Crippen LogP contribution in [0.5, 0.6) is 0 Å². The third-order valence-electron chi connectivity index (χ3n) is 2.92. The Morgan fingerprint density at radius 1 is 1.24 bits per heavy atom. The van der Waals surface area contributed by atoms with Crippen LogP contribution in [0.1, 0.15) is 32.1 Å². The van der Waals surface area contributed by atoms with E-state index in [2.05, 4.69) is 0 Å². The van der Waals surface area contributed by atoms with E-state index in [0.717, 1.165) is 6.42 Å². The van der Waals surface area contributed by atoms with E-state index < -0.39 is 30.0 Å². The molecule has 0 aliphatic heterocycles. The molecular formula is C10H14F3NO3. The van der Waals surface area contributed by atoms with E-state index in [1.165, 1.54) is 0 Å². The van der Waals surface area contributed by atoms with Gasteiger partial charge in [-0.25, -0.2) is 0 Å². The van der Waals surface area contributed by atoms with Crippen LogP contribution in [0.2, 0.25) is 0 Å². The summed E-state index contributed by atoms with van der Waals surface area (Å²) in [6.45, 7) is 0. The summed E-state index contributed by atoms with van der Waals surface area (Å²) in [4.78, 5) is 21.3. The Morgan fingerprint density at radius 3 is 2.35 bits per heavy atom. The molecule has 0 aromatic heterocycles. The van der Waals surface area contributed by atoms with Crippen molar-refractivity contribution in [2.24, 2.45) is 5.92 Å². The summed E-state index contributed by atoms with van der Waals surface area (Å²) in [6.07, 6.45) is -2.68. The minimum atomic E-state index is -4.91. The van der Waals surface area contributed by atoms with Crippen LogP contribution in [0.4, 0.5) is 13.2 Å². The van der Waals surface area contributed by atoms with E-state index in [1.807, 2.05) is 5.32 Å². The van der Waals surface area contributed by atoms with Crippen molar-refractivity contribution < 1.29 is 27.9 Å². The molecule has 0 aromatic rings. The van der Waals surface area contributed by atoms with Crippen molar-refractivity contribution in [1.29, 1.82) is 0 Å². The van der Waals surface area contributed by atoms with Gasteiger partial charge in [0.2, 0.25) is 0 Å². The van der Waals surface area contributed by atoms with Gasteiger partial charge in [-0.15, -0.1) is 0 Å². The average molecular weight is 253 g/mol. The standard InChI is InChI=1S/C10H14F3NO3/c11-10(12,13)9(17)14-7-4-2-1-3-6(7)5-8(15)16/h6-7H,1-5H2,(H,14,17)(H,15,16)/t6-,7-/m0/s1. The van der Waals surface area contributed by atoms with Gasteiger partial charge in [-0.1, -0.05) is 12.8 Å². The van der Waals surface area contributed by atoms with Crippen molar-refractivity contribution in [2.75, 3.05) is 0 Å². The number of halogens is 3. The Morgan fingerprint density at radius 2 is 1.82 bits per heavy atom. The molecule has 0 unspecified atom stereocenters. The van der Waals surface area contributed by atoms with Gasteiger partial charge in [0.05, 0.1) is 6.42 Å². The van der Waals surface area contributed by atoms with Crippen molar-refractivity contribution in [3.8, 4) is 0 Å². The number of carbonyl (C=O) groups is 2. The number of aliphatic carboxylic acids is 1. The van der Waals surface area contributed by atoms with Crippen molar-refractivity contribution >= 4 is 11.9 Å². The van der Waals surface area contributed by atoms with Crippen LogP contribution >= 0.6 is 0 Å². The first-order valence-corrected chi connectivity index (χ1v) is 5.40. The number of rotatable bonds is 3. The smallest absolute Gasteiger partial charge is 0.471 e. The maximum atomic E-state index is 12.1. The van der Waals surface area contributed by atoms with Crippen molar-refractivity contribution in [3.05, 3.63) is 0 Å². The third-order valence-corrected chi connectivity index (χ3v) is 2.92. The molecule has 7 heteroatoms. The van der Waals surface area contributed by atoms with E-state index in [0.29, 0.717) is 19.3 Å². The van der Waals surface area contributed by atoms with E-state index in [1.54, 1.807) is 0 Å². The predicted octanol–water partition coefficient (Wildman–Crippen LogP) is 1.70. The SMILES string of the molecule is O=C(O)C[C@@H]1CCCC[C@@H]1NC(=O)C(F)(F)F. The summed E-state index contributed by atoms with van der Waals surface area (Å²) < 4.78 is 36.2. The zero-order chi connectivity index (χ0) is 13.1. The van der Waals surface area contributed by atoms with Crippen LogP contribution in [-0.2, 0) is 9.59 Å². The summed E-state index contributed by atoms with van der Waals surface area (Å²) in [5.74, 6) is -3.45. The molecule has 1 fully saturated rings. The van der Waals surface area contributed by atoms with Crippen LogP contribution in [0, 0.1) is 5.92 Å². The van der Waals surface area contributed by atoms with Gasteiger partial charge >= 0.3 is 18.1 Å². The highest BCUT2D eigenvalue weighted by Gasteiger charge is 2.41. The number of hydrogen-bond acceptors (Lipinski definition) is 2. The zero-order valence-corrected chi connectivity index (χ0v) is 9.09. The number of amides is 1. The second-order valence-electron chi connectivity index (χ2n) is 4.22. The summed E-state index contributed by atoms with van der Waals surface area (Å²) in [5, 5.41) is 10.5. The highest BCUT2D eigenvalue weighted by Crippen LogP contribution is 2.28. The van der Waals surface area contributed by atoms with Crippen LogP contribution < -0.4 is 5.32 Å². The molecule has 1 rings (SSSR count). The Labute approximate surface area is 96.2 Å². The van der Waals surface area contributed by atoms with Crippen LogP contribution in [0.15, 0.2) is 0 Å². The summed E-state index contributed by atoms with van der Waals surface area (Å²) >= 11 is 0.